The van der Waals surface area contributed by atoms with Crippen molar-refractivity contribution in [2.75, 3.05) is 33.4 Å². The molecule has 2 aromatic carbocycles. The van der Waals surface area contributed by atoms with E-state index in [1.807, 2.05) is 6.92 Å². The Morgan fingerprint density at radius 1 is 1.12 bits per heavy atom. The third-order valence-electron chi connectivity index (χ3n) is 5.96. The zero-order valence-electron chi connectivity index (χ0n) is 19.2. The van der Waals surface area contributed by atoms with Crippen LogP contribution in [0, 0.1) is 12.7 Å². The number of nitrogens with zero attached hydrogens (tertiary/aromatic N) is 3. The average Bonchev–Trinajstić information content (AvgIpc) is 3.48. The van der Waals surface area contributed by atoms with Gasteiger partial charge in [0.2, 0.25) is 5.88 Å². The zero-order valence-corrected chi connectivity index (χ0v) is 19.2. The quantitative estimate of drug-likeness (QED) is 0.402. The van der Waals surface area contributed by atoms with Gasteiger partial charge in [-0.1, -0.05) is 0 Å². The number of hydrogen-bond acceptors (Lipinski definition) is 7. The van der Waals surface area contributed by atoms with Gasteiger partial charge in [-0.3, -0.25) is 0 Å². The van der Waals surface area contributed by atoms with E-state index in [0.29, 0.717) is 34.1 Å². The van der Waals surface area contributed by atoms with Crippen LogP contribution in [0.1, 0.15) is 18.5 Å². The Morgan fingerprint density at radius 2 is 1.94 bits per heavy atom. The van der Waals surface area contributed by atoms with Crippen molar-refractivity contribution in [1.82, 2.24) is 19.9 Å². The van der Waals surface area contributed by atoms with E-state index in [9.17, 15) is 5.11 Å². The fourth-order valence-corrected chi connectivity index (χ4v) is 4.29. The van der Waals surface area contributed by atoms with E-state index in [4.69, 9.17) is 14.2 Å². The van der Waals surface area contributed by atoms with Gasteiger partial charge in [0.25, 0.3) is 0 Å². The summed E-state index contributed by atoms with van der Waals surface area (Å²) >= 11 is 0. The van der Waals surface area contributed by atoms with Gasteiger partial charge in [-0.15, -0.1) is 0 Å². The van der Waals surface area contributed by atoms with Gasteiger partial charge >= 0.3 is 6.01 Å². The Bertz CT molecular complexity index is 1320. The molecule has 1 aliphatic heterocycles. The highest BCUT2D eigenvalue weighted by Crippen LogP contribution is 2.35. The first kappa shape index (κ1) is 22.4. The van der Waals surface area contributed by atoms with Crippen LogP contribution >= 0.6 is 0 Å². The second kappa shape index (κ2) is 9.44. The number of β-amino-alcohol motifs (C(OH)–C–C–N with tert-alkyl or cyclic N) is 1. The molecule has 0 saturated carbocycles. The van der Waals surface area contributed by atoms with Crippen molar-refractivity contribution >= 4 is 21.8 Å². The number of aromatic nitrogens is 3. The highest BCUT2D eigenvalue weighted by molar-refractivity contribution is 5.86. The number of hydrogen-bond donors (Lipinski definition) is 2. The molecule has 3 heterocycles. The van der Waals surface area contributed by atoms with Crippen molar-refractivity contribution in [3.8, 4) is 23.4 Å². The van der Waals surface area contributed by atoms with E-state index < -0.39 is 11.9 Å². The van der Waals surface area contributed by atoms with Crippen LogP contribution in [0.4, 0.5) is 4.39 Å². The van der Waals surface area contributed by atoms with E-state index in [1.165, 1.54) is 0 Å². The Kier molecular flexibility index (Phi) is 6.21. The Morgan fingerprint density at radius 3 is 2.74 bits per heavy atom. The van der Waals surface area contributed by atoms with Crippen LogP contribution in [0.3, 0.4) is 0 Å². The van der Waals surface area contributed by atoms with Crippen molar-refractivity contribution in [3.05, 3.63) is 47.9 Å². The fourth-order valence-electron chi connectivity index (χ4n) is 4.29. The van der Waals surface area contributed by atoms with Gasteiger partial charge in [-0.05, 0) is 69.3 Å². The molecule has 178 valence electrons. The molecule has 8 nitrogen and oxygen atoms in total. The standard InChI is InChI=1S/C25H27FN4O4/c1-15-11-18-20(27-15)7-8-22(23(18)26)34-24-19-12-17(32-2)5-6-21(19)28-25(29-24)33-14-16(31)13-30-9-3-4-10-30/h5-8,11-12,16,27,31H,3-4,9-10,13-14H2,1-2H3. The maximum atomic E-state index is 15.2. The molecule has 34 heavy (non-hydrogen) atoms. The topological polar surface area (TPSA) is 92.7 Å². The minimum Gasteiger partial charge on any atom is -0.497 e. The first-order valence-corrected chi connectivity index (χ1v) is 11.3. The predicted octanol–water partition coefficient (Wildman–Crippen LogP) is 4.20. The Hall–Kier alpha value is -3.43. The lowest BCUT2D eigenvalue weighted by molar-refractivity contribution is 0.0719. The number of ether oxygens (including phenoxy) is 3. The lowest BCUT2D eigenvalue weighted by Crippen LogP contribution is -2.33. The molecule has 0 bridgehead atoms. The summed E-state index contributed by atoms with van der Waals surface area (Å²) in [4.78, 5) is 14.1. The Balaban J connectivity index is 1.44. The van der Waals surface area contributed by atoms with Gasteiger partial charge in [-0.2, -0.15) is 9.97 Å². The van der Waals surface area contributed by atoms with E-state index in [-0.39, 0.29) is 24.2 Å². The number of halogens is 1. The first-order valence-electron chi connectivity index (χ1n) is 11.3. The maximum Gasteiger partial charge on any atom is 0.320 e. The normalized spacial score (nSPS) is 15.2. The van der Waals surface area contributed by atoms with Gasteiger partial charge in [0.15, 0.2) is 11.6 Å². The maximum absolute atomic E-state index is 15.2. The molecule has 4 aromatic rings. The molecule has 1 saturated heterocycles. The number of rotatable bonds is 8. The summed E-state index contributed by atoms with van der Waals surface area (Å²) in [6.07, 6.45) is 1.63. The first-order chi connectivity index (χ1) is 16.5. The van der Waals surface area contributed by atoms with Gasteiger partial charge in [0.05, 0.1) is 18.0 Å². The van der Waals surface area contributed by atoms with E-state index in [1.54, 1.807) is 43.5 Å². The number of H-pyrrole nitrogens is 1. The zero-order chi connectivity index (χ0) is 23.7. The summed E-state index contributed by atoms with van der Waals surface area (Å²) in [6, 6.07) is 10.3. The number of fused-ring (bicyclic) bond motifs is 2. The third-order valence-corrected chi connectivity index (χ3v) is 5.96. The molecule has 1 fully saturated rings. The Labute approximate surface area is 196 Å². The van der Waals surface area contributed by atoms with Crippen molar-refractivity contribution in [1.29, 1.82) is 0 Å². The van der Waals surface area contributed by atoms with Crippen LogP contribution in [0.25, 0.3) is 21.8 Å². The van der Waals surface area contributed by atoms with E-state index in [2.05, 4.69) is 19.9 Å². The van der Waals surface area contributed by atoms with Crippen molar-refractivity contribution in [2.24, 2.45) is 0 Å². The van der Waals surface area contributed by atoms with Gasteiger partial charge < -0.3 is 29.2 Å². The van der Waals surface area contributed by atoms with E-state index in [0.717, 1.165) is 31.6 Å². The number of nitrogens with one attached hydrogen (secondary N) is 1. The summed E-state index contributed by atoms with van der Waals surface area (Å²) in [5, 5.41) is 11.4. The lowest BCUT2D eigenvalue weighted by Gasteiger charge is -2.19. The van der Waals surface area contributed by atoms with Crippen LogP contribution in [0.5, 0.6) is 23.4 Å². The number of aliphatic hydroxyl groups excluding tert-OH is 1. The summed E-state index contributed by atoms with van der Waals surface area (Å²) in [5.41, 5.74) is 2.09. The molecule has 9 heteroatoms. The number of aromatic amines is 1. The summed E-state index contributed by atoms with van der Waals surface area (Å²) in [7, 11) is 1.56. The second-order valence-electron chi connectivity index (χ2n) is 8.56. The molecule has 0 spiro atoms. The molecule has 0 radical (unpaired) electrons. The molecule has 2 aromatic heterocycles. The van der Waals surface area contributed by atoms with Crippen LogP contribution in [0.15, 0.2) is 36.4 Å². The number of likely N-dealkylation sites (tertiary alicyclic amines) is 1. The van der Waals surface area contributed by atoms with Gasteiger partial charge in [-0.25, -0.2) is 4.39 Å². The fraction of sp³-hybridized carbons (Fsp3) is 0.360. The van der Waals surface area contributed by atoms with Crippen LogP contribution in [-0.4, -0.2) is 64.4 Å². The van der Waals surface area contributed by atoms with Crippen LogP contribution < -0.4 is 14.2 Å². The van der Waals surface area contributed by atoms with Gasteiger partial charge in [0, 0.05) is 23.1 Å². The monoisotopic (exact) mass is 466 g/mol. The van der Waals surface area contributed by atoms with Crippen molar-refractivity contribution in [2.45, 2.75) is 25.9 Å². The number of methoxy groups -OCH3 is 1. The van der Waals surface area contributed by atoms with Crippen LogP contribution in [-0.2, 0) is 0 Å². The van der Waals surface area contributed by atoms with Crippen LogP contribution in [0.2, 0.25) is 0 Å². The minimum atomic E-state index is -0.672. The highest BCUT2D eigenvalue weighted by Gasteiger charge is 2.19. The SMILES string of the molecule is COc1ccc2nc(OCC(O)CN3CCCC3)nc(Oc3ccc4[nH]c(C)cc4c3F)c2c1. The molecule has 0 amide bonds. The minimum absolute atomic E-state index is 0.0364. The van der Waals surface area contributed by atoms with Crippen molar-refractivity contribution in [3.63, 3.8) is 0 Å². The molecule has 1 unspecified atom stereocenters. The molecule has 5 rings (SSSR count). The summed E-state index contributed by atoms with van der Waals surface area (Å²) < 4.78 is 32.2. The predicted molar refractivity (Wildman–Crippen MR) is 126 cm³/mol. The number of aliphatic hydroxyl groups is 1. The summed E-state index contributed by atoms with van der Waals surface area (Å²) in [6.45, 7) is 4.42. The summed E-state index contributed by atoms with van der Waals surface area (Å²) in [5.74, 6) is 0.278. The molecule has 0 aliphatic carbocycles. The smallest absolute Gasteiger partial charge is 0.320 e. The van der Waals surface area contributed by atoms with Gasteiger partial charge in [0.1, 0.15) is 18.5 Å². The number of aryl methyl sites for hydroxylation is 1. The lowest BCUT2D eigenvalue weighted by atomic mass is 10.2. The number of benzene rings is 2. The molecular formula is C25H27FN4O4. The van der Waals surface area contributed by atoms with Crippen molar-refractivity contribution < 1.29 is 23.7 Å². The highest BCUT2D eigenvalue weighted by atomic mass is 19.1. The molecule has 1 aliphatic rings. The molecule has 1 atom stereocenters. The third kappa shape index (κ3) is 4.62. The molecule has 2 N–H and O–H groups in total. The van der Waals surface area contributed by atoms with E-state index >= 15 is 4.39 Å². The molecular weight excluding hydrogens is 439 g/mol. The largest absolute Gasteiger partial charge is 0.497 e. The average molecular weight is 467 g/mol. The second-order valence-corrected chi connectivity index (χ2v) is 8.56.